The Kier molecular flexibility index (Phi) is 7.62. The van der Waals surface area contributed by atoms with Gasteiger partial charge in [-0.1, -0.05) is 13.0 Å². The maximum Gasteiger partial charge on any atom is 0.278 e. The van der Waals surface area contributed by atoms with Crippen LogP contribution in [-0.2, 0) is 18.6 Å². The van der Waals surface area contributed by atoms with Gasteiger partial charge in [0.15, 0.2) is 11.5 Å². The number of aryl methyl sites for hydroxylation is 1. The van der Waals surface area contributed by atoms with Crippen molar-refractivity contribution in [2.75, 3.05) is 36.8 Å². The predicted molar refractivity (Wildman–Crippen MR) is 168 cm³/mol. The molecule has 0 radical (unpaired) electrons. The summed E-state index contributed by atoms with van der Waals surface area (Å²) in [6.45, 7) is 6.56. The van der Waals surface area contributed by atoms with Crippen LogP contribution in [0, 0.1) is 5.92 Å². The molecule has 0 unspecified atom stereocenters. The van der Waals surface area contributed by atoms with E-state index in [1.54, 1.807) is 10.9 Å². The molecule has 1 aliphatic heterocycles. The summed E-state index contributed by atoms with van der Waals surface area (Å²) in [5.74, 6) is 1.47. The van der Waals surface area contributed by atoms with Crippen LogP contribution in [-0.4, -0.2) is 61.6 Å². The van der Waals surface area contributed by atoms with Gasteiger partial charge in [0.05, 0.1) is 5.69 Å². The molecular formula is C32H41N9O2. The number of anilines is 3. The van der Waals surface area contributed by atoms with E-state index in [0.29, 0.717) is 59.8 Å². The van der Waals surface area contributed by atoms with Crippen molar-refractivity contribution in [3.8, 4) is 5.82 Å². The minimum atomic E-state index is -0.942. The van der Waals surface area contributed by atoms with E-state index in [0.717, 1.165) is 62.4 Å². The van der Waals surface area contributed by atoms with Gasteiger partial charge in [0.1, 0.15) is 11.0 Å². The third-order valence-electron chi connectivity index (χ3n) is 9.19. The maximum atomic E-state index is 13.6. The summed E-state index contributed by atoms with van der Waals surface area (Å²) in [6, 6.07) is 12.6. The van der Waals surface area contributed by atoms with Crippen LogP contribution in [0.15, 0.2) is 47.4 Å². The molecule has 1 aromatic carbocycles. The number of nitrogens with zero attached hydrogens (tertiary/aromatic N) is 5. The van der Waals surface area contributed by atoms with Crippen LogP contribution in [0.2, 0.25) is 0 Å². The van der Waals surface area contributed by atoms with Gasteiger partial charge in [0.2, 0.25) is 5.95 Å². The number of aliphatic hydroxyl groups is 1. The van der Waals surface area contributed by atoms with Gasteiger partial charge in [-0.15, -0.1) is 0 Å². The van der Waals surface area contributed by atoms with Crippen LogP contribution in [0.4, 0.5) is 17.3 Å². The number of rotatable bonds is 11. The highest BCUT2D eigenvalue weighted by molar-refractivity contribution is 5.77. The minimum absolute atomic E-state index is 0.119. The molecule has 11 heteroatoms. The van der Waals surface area contributed by atoms with Crippen molar-refractivity contribution < 1.29 is 5.11 Å². The molecule has 3 aromatic heterocycles. The molecule has 2 fully saturated rings. The largest absolute Gasteiger partial charge is 0.384 e. The van der Waals surface area contributed by atoms with Crippen molar-refractivity contribution in [2.45, 2.75) is 70.1 Å². The lowest BCUT2D eigenvalue weighted by Gasteiger charge is -2.23. The molecule has 4 aromatic rings. The summed E-state index contributed by atoms with van der Waals surface area (Å²) in [4.78, 5) is 27.8. The average molecular weight is 584 g/mol. The Labute approximate surface area is 251 Å². The molecule has 1 saturated carbocycles. The summed E-state index contributed by atoms with van der Waals surface area (Å²) in [5.41, 5.74) is 3.13. The summed E-state index contributed by atoms with van der Waals surface area (Å²) in [6.07, 6.45) is 8.25. The van der Waals surface area contributed by atoms with Gasteiger partial charge in [-0.25, -0.2) is 19.3 Å². The van der Waals surface area contributed by atoms with Crippen LogP contribution >= 0.6 is 0 Å². The molecule has 0 spiro atoms. The molecule has 2 aliphatic carbocycles. The fourth-order valence-corrected chi connectivity index (χ4v) is 6.35. The third kappa shape index (κ3) is 5.76. The van der Waals surface area contributed by atoms with Crippen molar-refractivity contribution in [1.29, 1.82) is 0 Å². The lowest BCUT2D eigenvalue weighted by molar-refractivity contribution is 0.0305. The smallest absolute Gasteiger partial charge is 0.278 e. The molecule has 1 atom stereocenters. The summed E-state index contributed by atoms with van der Waals surface area (Å²) in [7, 11) is 0. The summed E-state index contributed by atoms with van der Waals surface area (Å²) in [5, 5.41) is 25.5. The zero-order chi connectivity index (χ0) is 29.4. The highest BCUT2D eigenvalue weighted by Gasteiger charge is 2.37. The van der Waals surface area contributed by atoms with Gasteiger partial charge in [0, 0.05) is 43.2 Å². The van der Waals surface area contributed by atoms with Crippen molar-refractivity contribution in [1.82, 2.24) is 34.9 Å². The SMILES string of the molecule is CC[C@@]1(O)CCc2ccc(-n3c4nc(Nc5ccc(NCCNC6CCNCC6)cc5)ncc4c(=O)n3CC3CC3)nc21. The molecule has 5 N–H and O–H groups in total. The van der Waals surface area contributed by atoms with Crippen molar-refractivity contribution >= 4 is 28.4 Å². The first kappa shape index (κ1) is 28.0. The van der Waals surface area contributed by atoms with Gasteiger partial charge in [-0.05, 0) is 99.8 Å². The third-order valence-corrected chi connectivity index (χ3v) is 9.19. The number of hydrogen-bond donors (Lipinski definition) is 5. The fourth-order valence-electron chi connectivity index (χ4n) is 6.35. The Morgan fingerprint density at radius 1 is 1.02 bits per heavy atom. The molecule has 11 nitrogen and oxygen atoms in total. The first-order valence-electron chi connectivity index (χ1n) is 15.8. The van der Waals surface area contributed by atoms with Crippen molar-refractivity contribution in [2.24, 2.45) is 5.92 Å². The zero-order valence-corrected chi connectivity index (χ0v) is 24.8. The van der Waals surface area contributed by atoms with Crippen LogP contribution in [0.5, 0.6) is 0 Å². The second-order valence-electron chi connectivity index (χ2n) is 12.2. The van der Waals surface area contributed by atoms with Gasteiger partial charge in [0.25, 0.3) is 5.56 Å². The van der Waals surface area contributed by atoms with Crippen molar-refractivity contribution in [3.05, 3.63) is 64.2 Å². The molecule has 226 valence electrons. The van der Waals surface area contributed by atoms with E-state index in [9.17, 15) is 9.90 Å². The number of nitrogens with one attached hydrogen (secondary N) is 4. The normalized spacial score (nSPS) is 20.4. The van der Waals surface area contributed by atoms with Gasteiger partial charge in [-0.3, -0.25) is 4.79 Å². The fraction of sp³-hybridized carbons (Fsp3) is 0.500. The molecule has 1 saturated heterocycles. The van der Waals surface area contributed by atoms with E-state index in [1.165, 1.54) is 12.8 Å². The highest BCUT2D eigenvalue weighted by Crippen LogP contribution is 2.38. The first-order chi connectivity index (χ1) is 21.0. The predicted octanol–water partition coefficient (Wildman–Crippen LogP) is 3.43. The van der Waals surface area contributed by atoms with E-state index in [-0.39, 0.29) is 5.56 Å². The minimum Gasteiger partial charge on any atom is -0.384 e. The summed E-state index contributed by atoms with van der Waals surface area (Å²) >= 11 is 0. The quantitative estimate of drug-likeness (QED) is 0.168. The molecule has 3 aliphatic rings. The van der Waals surface area contributed by atoms with Crippen LogP contribution in [0.1, 0.15) is 56.7 Å². The highest BCUT2D eigenvalue weighted by atomic mass is 16.3. The van der Waals surface area contributed by atoms with Gasteiger partial charge < -0.3 is 26.4 Å². The zero-order valence-electron chi connectivity index (χ0n) is 24.8. The number of benzene rings is 1. The number of aromatic nitrogens is 5. The Bertz CT molecular complexity index is 1650. The molecular weight excluding hydrogens is 542 g/mol. The standard InChI is InChI=1S/C32H41N9O2/c1-2-32(43)14-11-22-5-10-27(38-28(22)32)41-29-26(30(42)40(41)20-21-3-4-21)19-36-31(39-29)37-25-8-6-23(7-9-25)34-17-18-35-24-12-15-33-16-13-24/h5-10,19,21,24,33-35,43H,2-4,11-18,20H2,1H3,(H,36,37,39)/t32-/m1/s1. The molecule has 7 rings (SSSR count). The number of hydrogen-bond acceptors (Lipinski definition) is 9. The summed E-state index contributed by atoms with van der Waals surface area (Å²) < 4.78 is 3.57. The van der Waals surface area contributed by atoms with E-state index >= 15 is 0 Å². The van der Waals surface area contributed by atoms with E-state index < -0.39 is 5.60 Å². The van der Waals surface area contributed by atoms with Gasteiger partial charge >= 0.3 is 0 Å². The molecule has 43 heavy (non-hydrogen) atoms. The van der Waals surface area contributed by atoms with E-state index in [1.807, 2.05) is 48.0 Å². The Morgan fingerprint density at radius 2 is 1.81 bits per heavy atom. The lowest BCUT2D eigenvalue weighted by Crippen LogP contribution is -2.41. The lowest BCUT2D eigenvalue weighted by atomic mass is 9.98. The van der Waals surface area contributed by atoms with Crippen LogP contribution < -0.4 is 26.8 Å². The number of pyridine rings is 1. The topological polar surface area (TPSA) is 134 Å². The second-order valence-corrected chi connectivity index (χ2v) is 12.2. The van der Waals surface area contributed by atoms with Gasteiger partial charge in [-0.2, -0.15) is 4.98 Å². The van der Waals surface area contributed by atoms with Crippen LogP contribution in [0.3, 0.4) is 0 Å². The second kappa shape index (κ2) is 11.7. The Balaban J connectivity index is 1.12. The monoisotopic (exact) mass is 583 g/mol. The van der Waals surface area contributed by atoms with E-state index in [4.69, 9.17) is 9.97 Å². The number of piperidine rings is 1. The average Bonchev–Trinajstić information content (AvgIpc) is 3.75. The van der Waals surface area contributed by atoms with E-state index in [2.05, 4.69) is 26.3 Å². The molecule has 0 amide bonds. The van der Waals surface area contributed by atoms with Crippen LogP contribution in [0.25, 0.3) is 16.9 Å². The maximum absolute atomic E-state index is 13.6. The number of fused-ring (bicyclic) bond motifs is 2. The molecule has 4 heterocycles. The molecule has 0 bridgehead atoms. The Hall–Kier alpha value is -3.80. The Morgan fingerprint density at radius 3 is 2.58 bits per heavy atom. The first-order valence-corrected chi connectivity index (χ1v) is 15.8. The van der Waals surface area contributed by atoms with Crippen molar-refractivity contribution in [3.63, 3.8) is 0 Å².